The number of esters is 1. The van der Waals surface area contributed by atoms with E-state index in [-0.39, 0.29) is 11.7 Å². The van der Waals surface area contributed by atoms with E-state index >= 15 is 0 Å². The number of methoxy groups -OCH3 is 1. The number of para-hydroxylation sites is 1. The lowest BCUT2D eigenvalue weighted by molar-refractivity contribution is -0.144. The molecule has 2 N–H and O–H groups in total. The summed E-state index contributed by atoms with van der Waals surface area (Å²) in [5.74, 6) is -0.617. The van der Waals surface area contributed by atoms with E-state index in [1.807, 2.05) is 60.7 Å². The van der Waals surface area contributed by atoms with Gasteiger partial charge in [0.25, 0.3) is 0 Å². The van der Waals surface area contributed by atoms with Crippen LogP contribution in [0.3, 0.4) is 0 Å². The molecule has 0 fully saturated rings. The van der Waals surface area contributed by atoms with E-state index in [1.54, 1.807) is 0 Å². The summed E-state index contributed by atoms with van der Waals surface area (Å²) in [6, 6.07) is 18.4. The number of hydrogen-bond donors (Lipinski definition) is 2. The third-order valence-corrected chi connectivity index (χ3v) is 5.83. The zero-order valence-electron chi connectivity index (χ0n) is 15.7. The fourth-order valence-electron chi connectivity index (χ4n) is 2.51. The molecule has 3 rings (SSSR count). The van der Waals surface area contributed by atoms with Crippen molar-refractivity contribution < 1.29 is 14.3 Å². The van der Waals surface area contributed by atoms with E-state index in [4.69, 9.17) is 4.74 Å². The first-order valence-corrected chi connectivity index (χ1v) is 10.6. The standard InChI is InChI=1S/C20H20N4O3S2/c1-27-18(26)16(12-14-8-4-2-5-9-14)22-17(25)13-28-20-24-23-19(29-20)21-15-10-6-3-7-11-15/h2-11,16H,12-13H2,1H3,(H,21,23)(H,22,25)/t16-/m1/s1. The van der Waals surface area contributed by atoms with Crippen molar-refractivity contribution in [1.29, 1.82) is 0 Å². The SMILES string of the molecule is COC(=O)[C@@H](Cc1ccccc1)NC(=O)CSc1nnc(Nc2ccccc2)s1. The number of rotatable bonds is 9. The van der Waals surface area contributed by atoms with E-state index in [1.165, 1.54) is 30.2 Å². The number of anilines is 2. The number of ether oxygens (including phenoxy) is 1. The lowest BCUT2D eigenvalue weighted by Crippen LogP contribution is -2.43. The van der Waals surface area contributed by atoms with Crippen molar-refractivity contribution in [1.82, 2.24) is 15.5 Å². The second kappa shape index (κ2) is 10.6. The molecule has 0 radical (unpaired) electrons. The third kappa shape index (κ3) is 6.58. The largest absolute Gasteiger partial charge is 0.467 e. The summed E-state index contributed by atoms with van der Waals surface area (Å²) in [6.45, 7) is 0. The Balaban J connectivity index is 1.52. The highest BCUT2D eigenvalue weighted by Crippen LogP contribution is 2.27. The van der Waals surface area contributed by atoms with Crippen LogP contribution in [0.2, 0.25) is 0 Å². The second-order valence-electron chi connectivity index (χ2n) is 5.99. The summed E-state index contributed by atoms with van der Waals surface area (Å²) >= 11 is 2.63. The minimum atomic E-state index is -0.736. The average molecular weight is 429 g/mol. The van der Waals surface area contributed by atoms with E-state index < -0.39 is 12.0 Å². The van der Waals surface area contributed by atoms with E-state index in [2.05, 4.69) is 20.8 Å². The number of benzene rings is 2. The molecule has 0 aliphatic carbocycles. The van der Waals surface area contributed by atoms with Gasteiger partial charge in [0.05, 0.1) is 12.9 Å². The van der Waals surface area contributed by atoms with Crippen LogP contribution in [0.4, 0.5) is 10.8 Å². The Kier molecular flexibility index (Phi) is 7.60. The molecule has 0 bridgehead atoms. The van der Waals surface area contributed by atoms with Gasteiger partial charge >= 0.3 is 5.97 Å². The number of hydrogen-bond acceptors (Lipinski definition) is 8. The zero-order chi connectivity index (χ0) is 20.5. The Bertz CT molecular complexity index is 935. The highest BCUT2D eigenvalue weighted by atomic mass is 32.2. The van der Waals surface area contributed by atoms with Gasteiger partial charge in [-0.3, -0.25) is 4.79 Å². The van der Waals surface area contributed by atoms with E-state index in [9.17, 15) is 9.59 Å². The molecule has 150 valence electrons. The van der Waals surface area contributed by atoms with Crippen LogP contribution in [0, 0.1) is 0 Å². The van der Waals surface area contributed by atoms with Gasteiger partial charge in [-0.15, -0.1) is 10.2 Å². The van der Waals surface area contributed by atoms with Crippen molar-refractivity contribution in [2.45, 2.75) is 16.8 Å². The predicted molar refractivity (Wildman–Crippen MR) is 114 cm³/mol. The summed E-state index contributed by atoms with van der Waals surface area (Å²) in [5.41, 5.74) is 1.86. The summed E-state index contributed by atoms with van der Waals surface area (Å²) in [6.07, 6.45) is 0.369. The van der Waals surface area contributed by atoms with Gasteiger partial charge in [-0.1, -0.05) is 71.6 Å². The fourth-order valence-corrected chi connectivity index (χ4v) is 4.10. The van der Waals surface area contributed by atoms with Gasteiger partial charge in [0.15, 0.2) is 4.34 Å². The average Bonchev–Trinajstić information content (AvgIpc) is 3.20. The van der Waals surface area contributed by atoms with Gasteiger partial charge in [0.2, 0.25) is 11.0 Å². The zero-order valence-corrected chi connectivity index (χ0v) is 17.3. The highest BCUT2D eigenvalue weighted by Gasteiger charge is 2.22. The Hall–Kier alpha value is -2.91. The van der Waals surface area contributed by atoms with Gasteiger partial charge in [-0.2, -0.15) is 0 Å². The van der Waals surface area contributed by atoms with Crippen LogP contribution < -0.4 is 10.6 Å². The van der Waals surface area contributed by atoms with Crippen molar-refractivity contribution in [2.24, 2.45) is 0 Å². The van der Waals surface area contributed by atoms with Crippen LogP contribution >= 0.6 is 23.1 Å². The number of nitrogens with one attached hydrogen (secondary N) is 2. The summed E-state index contributed by atoms with van der Waals surface area (Å²) in [5, 5.41) is 14.7. The molecule has 7 nitrogen and oxygen atoms in total. The van der Waals surface area contributed by atoms with Crippen molar-refractivity contribution in [3.05, 3.63) is 66.2 Å². The van der Waals surface area contributed by atoms with Gasteiger partial charge in [-0.25, -0.2) is 4.79 Å². The molecule has 0 aliphatic heterocycles. The lowest BCUT2D eigenvalue weighted by Gasteiger charge is -2.16. The summed E-state index contributed by atoms with van der Waals surface area (Å²) < 4.78 is 5.48. The minimum Gasteiger partial charge on any atom is -0.467 e. The van der Waals surface area contributed by atoms with Crippen molar-refractivity contribution in [3.8, 4) is 0 Å². The molecule has 0 spiro atoms. The van der Waals surface area contributed by atoms with Crippen molar-refractivity contribution >= 4 is 45.8 Å². The summed E-state index contributed by atoms with van der Waals surface area (Å²) in [7, 11) is 1.31. The van der Waals surface area contributed by atoms with Crippen molar-refractivity contribution in [3.63, 3.8) is 0 Å². The Labute approximate surface area is 176 Å². The molecule has 9 heteroatoms. The van der Waals surface area contributed by atoms with Crippen LogP contribution in [-0.2, 0) is 20.7 Å². The molecule has 0 saturated carbocycles. The van der Waals surface area contributed by atoms with Crippen molar-refractivity contribution in [2.75, 3.05) is 18.2 Å². The number of nitrogens with zero attached hydrogens (tertiary/aromatic N) is 2. The molecular weight excluding hydrogens is 408 g/mol. The molecular formula is C20H20N4O3S2. The fraction of sp³-hybridized carbons (Fsp3) is 0.200. The predicted octanol–water partition coefficient (Wildman–Crippen LogP) is 3.27. The number of amides is 1. The normalized spacial score (nSPS) is 11.5. The maximum absolute atomic E-state index is 12.3. The first-order chi connectivity index (χ1) is 14.1. The minimum absolute atomic E-state index is 0.127. The molecule has 1 heterocycles. The van der Waals surface area contributed by atoms with Crippen LogP contribution in [0.5, 0.6) is 0 Å². The van der Waals surface area contributed by atoms with Gasteiger partial charge in [0, 0.05) is 12.1 Å². The smallest absolute Gasteiger partial charge is 0.328 e. The van der Waals surface area contributed by atoms with E-state index in [0.29, 0.717) is 15.9 Å². The van der Waals surface area contributed by atoms with Crippen LogP contribution in [0.15, 0.2) is 65.0 Å². The van der Waals surface area contributed by atoms with E-state index in [0.717, 1.165) is 11.3 Å². The molecule has 1 aromatic heterocycles. The summed E-state index contributed by atoms with van der Waals surface area (Å²) in [4.78, 5) is 24.4. The molecule has 2 aromatic carbocycles. The monoisotopic (exact) mass is 428 g/mol. The number of carbonyl (C=O) groups is 2. The maximum Gasteiger partial charge on any atom is 0.328 e. The van der Waals surface area contributed by atoms with Crippen LogP contribution in [0.1, 0.15) is 5.56 Å². The maximum atomic E-state index is 12.3. The first kappa shape index (κ1) is 20.8. The topological polar surface area (TPSA) is 93.2 Å². The Morgan fingerprint density at radius 3 is 2.45 bits per heavy atom. The molecule has 3 aromatic rings. The molecule has 1 amide bonds. The van der Waals surface area contributed by atoms with Gasteiger partial charge in [0.1, 0.15) is 6.04 Å². The molecule has 0 aliphatic rings. The lowest BCUT2D eigenvalue weighted by atomic mass is 10.1. The number of thioether (sulfide) groups is 1. The molecule has 0 saturated heterocycles. The van der Waals surface area contributed by atoms with Crippen LogP contribution in [-0.4, -0.2) is 41.0 Å². The number of carbonyl (C=O) groups excluding carboxylic acids is 2. The Morgan fingerprint density at radius 2 is 1.76 bits per heavy atom. The molecule has 29 heavy (non-hydrogen) atoms. The first-order valence-electron chi connectivity index (χ1n) is 8.83. The second-order valence-corrected chi connectivity index (χ2v) is 8.19. The third-order valence-electron chi connectivity index (χ3n) is 3.86. The molecule has 1 atom stereocenters. The van der Waals surface area contributed by atoms with Gasteiger partial charge < -0.3 is 15.4 Å². The Morgan fingerprint density at radius 1 is 1.07 bits per heavy atom. The molecule has 0 unspecified atom stereocenters. The van der Waals surface area contributed by atoms with Crippen LogP contribution in [0.25, 0.3) is 0 Å². The highest BCUT2D eigenvalue weighted by molar-refractivity contribution is 8.01. The number of aromatic nitrogens is 2. The quantitative estimate of drug-likeness (QED) is 0.399. The van der Waals surface area contributed by atoms with Gasteiger partial charge in [-0.05, 0) is 17.7 Å².